The molecule has 1 aliphatic rings. The number of halogens is 1. The summed E-state index contributed by atoms with van der Waals surface area (Å²) in [4.78, 5) is 11.5. The standard InChI is InChI=1S/C9H9IO3S/c1-3-9-7(4-6(2)10)8(11)5-14(9,12)13/h3-4H,2,5H2,1H3/b7-4-,9-3+. The van der Waals surface area contributed by atoms with Crippen molar-refractivity contribution in [2.75, 3.05) is 5.75 Å². The Morgan fingerprint density at radius 1 is 1.57 bits per heavy atom. The van der Waals surface area contributed by atoms with Crippen LogP contribution in [-0.2, 0) is 14.6 Å². The lowest BCUT2D eigenvalue weighted by molar-refractivity contribution is -0.112. The number of carbonyl (C=O) groups excluding carboxylic acids is 1. The van der Waals surface area contributed by atoms with Crippen molar-refractivity contribution >= 4 is 38.2 Å². The van der Waals surface area contributed by atoms with Gasteiger partial charge in [0.2, 0.25) is 0 Å². The Bertz CT molecular complexity index is 454. The zero-order chi connectivity index (χ0) is 10.9. The van der Waals surface area contributed by atoms with E-state index in [4.69, 9.17) is 0 Å². The Labute approximate surface area is 96.6 Å². The van der Waals surface area contributed by atoms with E-state index in [-0.39, 0.29) is 16.3 Å². The first-order valence-electron chi connectivity index (χ1n) is 3.87. The molecule has 0 atom stereocenters. The third kappa shape index (κ3) is 2.14. The molecule has 5 heteroatoms. The summed E-state index contributed by atoms with van der Waals surface area (Å²) in [6.45, 7) is 5.21. The Hall–Kier alpha value is -0.430. The fourth-order valence-electron chi connectivity index (χ4n) is 1.28. The normalized spacial score (nSPS) is 26.0. The maximum Gasteiger partial charge on any atom is 0.186 e. The lowest BCUT2D eigenvalue weighted by Crippen LogP contribution is -2.02. The molecule has 0 spiro atoms. The molecular formula is C9H9IO3S. The minimum atomic E-state index is -3.38. The number of Topliss-reactive ketones (excluding diaryl/α,β-unsaturated/α-hetero) is 1. The minimum Gasteiger partial charge on any atom is -0.293 e. The maximum absolute atomic E-state index is 11.4. The lowest BCUT2D eigenvalue weighted by atomic mass is 10.1. The van der Waals surface area contributed by atoms with Crippen molar-refractivity contribution in [3.63, 3.8) is 0 Å². The number of carbonyl (C=O) groups is 1. The molecule has 1 rings (SSSR count). The third-order valence-electron chi connectivity index (χ3n) is 1.79. The number of hydrogen-bond donors (Lipinski definition) is 0. The molecule has 1 heterocycles. The lowest BCUT2D eigenvalue weighted by Gasteiger charge is -1.96. The second-order valence-electron chi connectivity index (χ2n) is 2.84. The molecule has 0 amide bonds. The Balaban J connectivity index is 3.36. The number of rotatable bonds is 1. The monoisotopic (exact) mass is 324 g/mol. The van der Waals surface area contributed by atoms with Gasteiger partial charge in [0.25, 0.3) is 0 Å². The Kier molecular flexibility index (Phi) is 3.31. The van der Waals surface area contributed by atoms with E-state index < -0.39 is 15.6 Å². The zero-order valence-corrected chi connectivity index (χ0v) is 10.6. The first kappa shape index (κ1) is 11.6. The van der Waals surface area contributed by atoms with E-state index in [1.807, 2.05) is 22.6 Å². The molecule has 0 aliphatic carbocycles. The highest BCUT2D eigenvalue weighted by atomic mass is 127. The van der Waals surface area contributed by atoms with Crippen molar-refractivity contribution in [3.05, 3.63) is 32.8 Å². The Morgan fingerprint density at radius 3 is 2.57 bits per heavy atom. The van der Waals surface area contributed by atoms with Crippen LogP contribution in [0.15, 0.2) is 32.8 Å². The van der Waals surface area contributed by atoms with E-state index in [2.05, 4.69) is 6.58 Å². The average Bonchev–Trinajstić information content (AvgIpc) is 2.20. The summed E-state index contributed by atoms with van der Waals surface area (Å²) in [5.41, 5.74) is 0.256. The molecule has 14 heavy (non-hydrogen) atoms. The van der Waals surface area contributed by atoms with Gasteiger partial charge in [0.05, 0.1) is 4.91 Å². The number of hydrogen-bond acceptors (Lipinski definition) is 3. The van der Waals surface area contributed by atoms with Crippen molar-refractivity contribution in [2.24, 2.45) is 0 Å². The van der Waals surface area contributed by atoms with Crippen LogP contribution in [0.5, 0.6) is 0 Å². The van der Waals surface area contributed by atoms with Gasteiger partial charge in [-0.1, -0.05) is 12.7 Å². The van der Waals surface area contributed by atoms with Gasteiger partial charge >= 0.3 is 0 Å². The second kappa shape index (κ2) is 3.98. The van der Waals surface area contributed by atoms with E-state index in [0.717, 1.165) is 0 Å². The second-order valence-corrected chi connectivity index (χ2v) is 6.18. The number of allylic oxidation sites excluding steroid dienone is 4. The molecule has 1 saturated heterocycles. The predicted octanol–water partition coefficient (Wildman–Crippen LogP) is 1.76. The fourth-order valence-corrected chi connectivity index (χ4v) is 3.11. The molecule has 1 fully saturated rings. The van der Waals surface area contributed by atoms with E-state index in [1.165, 1.54) is 12.2 Å². The van der Waals surface area contributed by atoms with Crippen LogP contribution in [-0.4, -0.2) is 20.0 Å². The molecule has 0 N–H and O–H groups in total. The molecular weight excluding hydrogens is 315 g/mol. The van der Waals surface area contributed by atoms with Crippen molar-refractivity contribution in [2.45, 2.75) is 6.92 Å². The molecule has 3 nitrogen and oxygen atoms in total. The van der Waals surface area contributed by atoms with Gasteiger partial charge in [-0.3, -0.25) is 4.79 Å². The molecule has 0 radical (unpaired) electrons. The summed E-state index contributed by atoms with van der Waals surface area (Å²) in [6.07, 6.45) is 2.95. The van der Waals surface area contributed by atoms with Gasteiger partial charge < -0.3 is 0 Å². The summed E-state index contributed by atoms with van der Waals surface area (Å²) < 4.78 is 23.5. The SMILES string of the molecule is C=C(I)/C=C1/C(=O)CS(=O)(=O)/C1=C/C. The molecule has 0 aromatic carbocycles. The van der Waals surface area contributed by atoms with Crippen LogP contribution >= 0.6 is 22.6 Å². The quantitative estimate of drug-likeness (QED) is 0.546. The van der Waals surface area contributed by atoms with Crippen LogP contribution in [0.4, 0.5) is 0 Å². The van der Waals surface area contributed by atoms with Crippen molar-refractivity contribution in [1.29, 1.82) is 0 Å². The Morgan fingerprint density at radius 2 is 2.14 bits per heavy atom. The van der Waals surface area contributed by atoms with E-state index >= 15 is 0 Å². The molecule has 1 aliphatic heterocycles. The van der Waals surface area contributed by atoms with E-state index in [9.17, 15) is 13.2 Å². The van der Waals surface area contributed by atoms with Crippen LogP contribution in [0.25, 0.3) is 0 Å². The van der Waals surface area contributed by atoms with Gasteiger partial charge in [0.15, 0.2) is 15.6 Å². The van der Waals surface area contributed by atoms with Crippen molar-refractivity contribution in [1.82, 2.24) is 0 Å². The molecule has 76 valence electrons. The van der Waals surface area contributed by atoms with Gasteiger partial charge in [-0.15, -0.1) is 0 Å². The first-order chi connectivity index (χ1) is 6.38. The topological polar surface area (TPSA) is 51.2 Å². The van der Waals surface area contributed by atoms with Crippen LogP contribution < -0.4 is 0 Å². The molecule has 0 aromatic rings. The van der Waals surface area contributed by atoms with Crippen LogP contribution in [0.3, 0.4) is 0 Å². The van der Waals surface area contributed by atoms with Crippen LogP contribution in [0.1, 0.15) is 6.92 Å². The van der Waals surface area contributed by atoms with Gasteiger partial charge in [-0.2, -0.15) is 0 Å². The maximum atomic E-state index is 11.4. The molecule has 0 saturated carbocycles. The molecule has 0 bridgehead atoms. The number of sulfone groups is 1. The van der Waals surface area contributed by atoms with Gasteiger partial charge in [0.1, 0.15) is 5.75 Å². The first-order valence-corrected chi connectivity index (χ1v) is 6.60. The van der Waals surface area contributed by atoms with Gasteiger partial charge in [-0.05, 0) is 35.6 Å². The predicted molar refractivity (Wildman–Crippen MR) is 63.8 cm³/mol. The largest absolute Gasteiger partial charge is 0.293 e. The summed E-state index contributed by atoms with van der Waals surface area (Å²) >= 11 is 1.94. The fraction of sp³-hybridized carbons (Fsp3) is 0.222. The molecule has 0 aromatic heterocycles. The van der Waals surface area contributed by atoms with Crippen molar-refractivity contribution in [3.8, 4) is 0 Å². The highest BCUT2D eigenvalue weighted by molar-refractivity contribution is 14.1. The average molecular weight is 324 g/mol. The van der Waals surface area contributed by atoms with Crippen molar-refractivity contribution < 1.29 is 13.2 Å². The third-order valence-corrected chi connectivity index (χ3v) is 3.86. The van der Waals surface area contributed by atoms with Gasteiger partial charge in [0, 0.05) is 9.15 Å². The smallest absolute Gasteiger partial charge is 0.186 e. The van der Waals surface area contributed by atoms with E-state index in [0.29, 0.717) is 3.58 Å². The number of ketones is 1. The van der Waals surface area contributed by atoms with Crippen LogP contribution in [0, 0.1) is 0 Å². The highest BCUT2D eigenvalue weighted by Gasteiger charge is 2.35. The van der Waals surface area contributed by atoms with E-state index in [1.54, 1.807) is 6.92 Å². The summed E-state index contributed by atoms with van der Waals surface area (Å²) in [7, 11) is -3.38. The summed E-state index contributed by atoms with van der Waals surface area (Å²) in [5.74, 6) is -0.765. The molecule has 0 unspecified atom stereocenters. The van der Waals surface area contributed by atoms with Crippen LogP contribution in [0.2, 0.25) is 0 Å². The highest BCUT2D eigenvalue weighted by Crippen LogP contribution is 2.28. The zero-order valence-electron chi connectivity index (χ0n) is 7.58. The van der Waals surface area contributed by atoms with Gasteiger partial charge in [-0.25, -0.2) is 8.42 Å². The summed E-state index contributed by atoms with van der Waals surface area (Å²) in [6, 6.07) is 0. The summed E-state index contributed by atoms with van der Waals surface area (Å²) in [5, 5.41) is 0. The minimum absolute atomic E-state index is 0.125.